The van der Waals surface area contributed by atoms with E-state index < -0.39 is 5.97 Å². The third-order valence-corrected chi connectivity index (χ3v) is 4.23. The number of benzene rings is 3. The van der Waals surface area contributed by atoms with Gasteiger partial charge in [-0.2, -0.15) is 0 Å². The second-order valence-electron chi connectivity index (χ2n) is 6.01. The van der Waals surface area contributed by atoms with Crippen molar-refractivity contribution >= 4 is 22.5 Å². The summed E-state index contributed by atoms with van der Waals surface area (Å²) in [6.45, 7) is -0.351. The minimum absolute atomic E-state index is 0.105. The van der Waals surface area contributed by atoms with Crippen LogP contribution in [0.5, 0.6) is 11.5 Å². The number of fused-ring (bicyclic) bond motifs is 1. The Hall–Kier alpha value is -3.34. The molecule has 0 bridgehead atoms. The van der Waals surface area contributed by atoms with Gasteiger partial charge < -0.3 is 14.2 Å². The summed E-state index contributed by atoms with van der Waals surface area (Å²) < 4.78 is 15.5. The molecular weight excluding hydrogens is 344 g/mol. The zero-order valence-corrected chi connectivity index (χ0v) is 15.2. The van der Waals surface area contributed by atoms with Gasteiger partial charge in [-0.15, -0.1) is 0 Å². The summed E-state index contributed by atoms with van der Waals surface area (Å²) in [7, 11) is 2.99. The van der Waals surface area contributed by atoms with Crippen LogP contribution in [0.2, 0.25) is 0 Å². The summed E-state index contributed by atoms with van der Waals surface area (Å²) in [6.07, 6.45) is 0.105. The van der Waals surface area contributed by atoms with E-state index in [1.807, 2.05) is 42.5 Å². The lowest BCUT2D eigenvalue weighted by atomic mass is 10.1. The van der Waals surface area contributed by atoms with E-state index in [-0.39, 0.29) is 18.8 Å². The molecule has 0 aliphatic heterocycles. The van der Waals surface area contributed by atoms with Crippen LogP contribution in [0.25, 0.3) is 10.8 Å². The number of methoxy groups -OCH3 is 2. The molecule has 0 aliphatic carbocycles. The largest absolute Gasteiger partial charge is 0.497 e. The zero-order valence-electron chi connectivity index (χ0n) is 15.2. The summed E-state index contributed by atoms with van der Waals surface area (Å²) in [5.74, 6) is 0.131. The van der Waals surface area contributed by atoms with Crippen LogP contribution in [0.4, 0.5) is 0 Å². The lowest BCUT2D eigenvalue weighted by Crippen LogP contribution is -2.16. The highest BCUT2D eigenvalue weighted by Gasteiger charge is 2.16. The van der Waals surface area contributed by atoms with Crippen molar-refractivity contribution in [2.75, 3.05) is 20.8 Å². The number of hydrogen-bond donors (Lipinski definition) is 0. The van der Waals surface area contributed by atoms with Gasteiger partial charge in [-0.05, 0) is 34.5 Å². The molecular formula is C22H20O5. The van der Waals surface area contributed by atoms with Crippen molar-refractivity contribution in [1.82, 2.24) is 0 Å². The SMILES string of the molecule is COc1ccc(OC)c(C(=O)COC(=O)Cc2ccc3ccccc3c2)c1. The fourth-order valence-corrected chi connectivity index (χ4v) is 2.82. The van der Waals surface area contributed by atoms with Crippen molar-refractivity contribution in [3.05, 3.63) is 71.8 Å². The third-order valence-electron chi connectivity index (χ3n) is 4.23. The van der Waals surface area contributed by atoms with Crippen LogP contribution in [-0.2, 0) is 16.0 Å². The van der Waals surface area contributed by atoms with Crippen LogP contribution < -0.4 is 9.47 Å². The Balaban J connectivity index is 1.63. The molecule has 0 amide bonds. The van der Waals surface area contributed by atoms with E-state index in [1.54, 1.807) is 18.2 Å². The molecule has 138 valence electrons. The lowest BCUT2D eigenvalue weighted by molar-refractivity contribution is -0.141. The Morgan fingerprint density at radius 3 is 2.37 bits per heavy atom. The van der Waals surface area contributed by atoms with E-state index in [4.69, 9.17) is 14.2 Å². The van der Waals surface area contributed by atoms with Crippen molar-refractivity contribution in [1.29, 1.82) is 0 Å². The second kappa shape index (κ2) is 8.36. The van der Waals surface area contributed by atoms with Gasteiger partial charge in [-0.3, -0.25) is 9.59 Å². The van der Waals surface area contributed by atoms with Crippen molar-refractivity contribution < 1.29 is 23.8 Å². The normalized spacial score (nSPS) is 10.4. The fourth-order valence-electron chi connectivity index (χ4n) is 2.82. The highest BCUT2D eigenvalue weighted by Crippen LogP contribution is 2.24. The van der Waals surface area contributed by atoms with E-state index >= 15 is 0 Å². The van der Waals surface area contributed by atoms with Crippen molar-refractivity contribution in [3.8, 4) is 11.5 Å². The van der Waals surface area contributed by atoms with Crippen LogP contribution in [-0.4, -0.2) is 32.6 Å². The van der Waals surface area contributed by atoms with Crippen LogP contribution in [0.3, 0.4) is 0 Å². The molecule has 0 atom stereocenters. The fraction of sp³-hybridized carbons (Fsp3) is 0.182. The zero-order chi connectivity index (χ0) is 19.2. The van der Waals surface area contributed by atoms with Gasteiger partial charge in [0.1, 0.15) is 11.5 Å². The second-order valence-corrected chi connectivity index (χ2v) is 6.01. The van der Waals surface area contributed by atoms with Gasteiger partial charge >= 0.3 is 5.97 Å². The summed E-state index contributed by atoms with van der Waals surface area (Å²) in [5, 5.41) is 2.16. The molecule has 0 aromatic heterocycles. The molecule has 0 saturated carbocycles. The number of hydrogen-bond acceptors (Lipinski definition) is 5. The molecule has 0 heterocycles. The molecule has 0 unspecified atom stereocenters. The van der Waals surface area contributed by atoms with Gasteiger partial charge in [0, 0.05) is 0 Å². The highest BCUT2D eigenvalue weighted by molar-refractivity contribution is 6.00. The average Bonchev–Trinajstić information content (AvgIpc) is 2.71. The molecule has 0 fully saturated rings. The molecule has 0 saturated heterocycles. The number of carbonyl (C=O) groups is 2. The molecule has 0 N–H and O–H groups in total. The van der Waals surface area contributed by atoms with Gasteiger partial charge in [-0.25, -0.2) is 0 Å². The van der Waals surface area contributed by atoms with Crippen LogP contribution in [0.1, 0.15) is 15.9 Å². The molecule has 5 nitrogen and oxygen atoms in total. The maximum Gasteiger partial charge on any atom is 0.310 e. The predicted molar refractivity (Wildman–Crippen MR) is 102 cm³/mol. The highest BCUT2D eigenvalue weighted by atomic mass is 16.5. The summed E-state index contributed by atoms with van der Waals surface area (Å²) in [4.78, 5) is 24.5. The first-order chi connectivity index (χ1) is 13.1. The quantitative estimate of drug-likeness (QED) is 0.471. The Labute approximate surface area is 157 Å². The van der Waals surface area contributed by atoms with Gasteiger partial charge in [0.25, 0.3) is 0 Å². The average molecular weight is 364 g/mol. The molecule has 27 heavy (non-hydrogen) atoms. The van der Waals surface area contributed by atoms with Gasteiger partial charge in [0.2, 0.25) is 5.78 Å². The Kier molecular flexibility index (Phi) is 5.71. The standard InChI is InChI=1S/C22H20O5/c1-25-18-9-10-21(26-2)19(13-18)20(23)14-27-22(24)12-15-7-8-16-5-3-4-6-17(16)11-15/h3-11,13H,12,14H2,1-2H3. The molecule has 0 radical (unpaired) electrons. The first-order valence-corrected chi connectivity index (χ1v) is 8.49. The minimum atomic E-state index is -0.458. The summed E-state index contributed by atoms with van der Waals surface area (Å²) in [5.41, 5.74) is 1.15. The third kappa shape index (κ3) is 4.44. The number of Topliss-reactive ketones (excluding diaryl/α,β-unsaturated/α-hetero) is 1. The maximum atomic E-state index is 12.4. The van der Waals surface area contributed by atoms with Crippen LogP contribution >= 0.6 is 0 Å². The summed E-state index contributed by atoms with van der Waals surface area (Å²) in [6, 6.07) is 18.6. The van der Waals surface area contributed by atoms with E-state index in [9.17, 15) is 9.59 Å². The monoisotopic (exact) mass is 364 g/mol. The molecule has 3 aromatic carbocycles. The maximum absolute atomic E-state index is 12.4. The molecule has 3 rings (SSSR count). The van der Waals surface area contributed by atoms with E-state index in [0.717, 1.165) is 16.3 Å². The predicted octanol–water partition coefficient (Wildman–Crippen LogP) is 3.83. The molecule has 5 heteroatoms. The Morgan fingerprint density at radius 2 is 1.63 bits per heavy atom. The van der Waals surface area contributed by atoms with E-state index in [1.165, 1.54) is 14.2 Å². The lowest BCUT2D eigenvalue weighted by Gasteiger charge is -2.10. The number of rotatable bonds is 7. The molecule has 0 aliphatic rings. The van der Waals surface area contributed by atoms with E-state index in [2.05, 4.69) is 0 Å². The van der Waals surface area contributed by atoms with Gasteiger partial charge in [-0.1, -0.05) is 42.5 Å². The molecule has 0 spiro atoms. The smallest absolute Gasteiger partial charge is 0.310 e. The van der Waals surface area contributed by atoms with Gasteiger partial charge in [0.05, 0.1) is 26.2 Å². The number of ketones is 1. The van der Waals surface area contributed by atoms with Crippen LogP contribution in [0, 0.1) is 0 Å². The van der Waals surface area contributed by atoms with Crippen LogP contribution in [0.15, 0.2) is 60.7 Å². The van der Waals surface area contributed by atoms with E-state index in [0.29, 0.717) is 17.1 Å². The van der Waals surface area contributed by atoms with Gasteiger partial charge in [0.15, 0.2) is 6.61 Å². The number of ether oxygens (including phenoxy) is 3. The van der Waals surface area contributed by atoms with Crippen molar-refractivity contribution in [2.45, 2.75) is 6.42 Å². The number of carbonyl (C=O) groups excluding carboxylic acids is 2. The first-order valence-electron chi connectivity index (χ1n) is 8.49. The van der Waals surface area contributed by atoms with Crippen molar-refractivity contribution in [2.24, 2.45) is 0 Å². The van der Waals surface area contributed by atoms with Crippen molar-refractivity contribution in [3.63, 3.8) is 0 Å². The first kappa shape index (κ1) is 18.5. The minimum Gasteiger partial charge on any atom is -0.497 e. The molecule has 3 aromatic rings. The summed E-state index contributed by atoms with van der Waals surface area (Å²) >= 11 is 0. The Morgan fingerprint density at radius 1 is 0.852 bits per heavy atom. The topological polar surface area (TPSA) is 61.8 Å². The Bertz CT molecular complexity index is 977. The number of esters is 1.